The van der Waals surface area contributed by atoms with Gasteiger partial charge in [-0.05, 0) is 35.4 Å². The second kappa shape index (κ2) is 4.86. The van der Waals surface area contributed by atoms with Crippen molar-refractivity contribution in [2.45, 2.75) is 18.9 Å². The predicted molar refractivity (Wildman–Crippen MR) is 74.6 cm³/mol. The highest BCUT2D eigenvalue weighted by Crippen LogP contribution is 2.27. The van der Waals surface area contributed by atoms with E-state index in [-0.39, 0.29) is 17.5 Å². The van der Waals surface area contributed by atoms with Crippen LogP contribution in [0.5, 0.6) is 0 Å². The quantitative estimate of drug-likeness (QED) is 0.816. The number of nitrogen functional groups attached to an aromatic ring is 1. The molecular weight excluding hydrogens is 278 g/mol. The zero-order valence-electron chi connectivity index (χ0n) is 10.8. The fraction of sp³-hybridized carbons (Fsp3) is 0.417. The molecule has 1 saturated heterocycles. The van der Waals surface area contributed by atoms with Crippen LogP contribution in [0.1, 0.15) is 18.9 Å². The Kier molecular flexibility index (Phi) is 3.17. The highest BCUT2D eigenvalue weighted by Gasteiger charge is 2.28. The number of nitrogens with zero attached hydrogens (tertiary/aromatic N) is 4. The van der Waals surface area contributed by atoms with Crippen LogP contribution in [0.25, 0.3) is 11.4 Å². The van der Waals surface area contributed by atoms with E-state index in [2.05, 4.69) is 15.5 Å². The highest BCUT2D eigenvalue weighted by atomic mass is 32.2. The third-order valence-corrected chi connectivity index (χ3v) is 5.23. The van der Waals surface area contributed by atoms with Gasteiger partial charge >= 0.3 is 0 Å². The maximum atomic E-state index is 11.8. The van der Waals surface area contributed by atoms with Crippen LogP contribution in [-0.2, 0) is 9.84 Å². The summed E-state index contributed by atoms with van der Waals surface area (Å²) < 4.78 is 25.1. The number of aromatic nitrogens is 4. The summed E-state index contributed by atoms with van der Waals surface area (Å²) in [6.45, 7) is 0. The smallest absolute Gasteiger partial charge is 0.182 e. The minimum absolute atomic E-state index is 0.0906. The van der Waals surface area contributed by atoms with Gasteiger partial charge in [-0.2, -0.15) is 0 Å². The predicted octanol–water partition coefficient (Wildman–Crippen LogP) is 0.672. The van der Waals surface area contributed by atoms with Gasteiger partial charge in [0.25, 0.3) is 0 Å². The summed E-state index contributed by atoms with van der Waals surface area (Å²) >= 11 is 0. The van der Waals surface area contributed by atoms with E-state index in [0.717, 1.165) is 12.0 Å². The second-order valence-corrected chi connectivity index (χ2v) is 7.21. The van der Waals surface area contributed by atoms with Gasteiger partial charge in [0.05, 0.1) is 17.5 Å². The molecule has 2 N–H and O–H groups in total. The fourth-order valence-electron chi connectivity index (χ4n) is 2.50. The topological polar surface area (TPSA) is 104 Å². The largest absolute Gasteiger partial charge is 0.399 e. The van der Waals surface area contributed by atoms with Crippen LogP contribution in [0.2, 0.25) is 0 Å². The Hall–Kier alpha value is -1.96. The number of hydrogen-bond donors (Lipinski definition) is 1. The average Bonchev–Trinajstić information content (AvgIpc) is 2.86. The normalized spacial score (nSPS) is 21.7. The van der Waals surface area contributed by atoms with Crippen LogP contribution in [0.15, 0.2) is 24.3 Å². The molecule has 1 atom stereocenters. The van der Waals surface area contributed by atoms with Crippen LogP contribution in [0.4, 0.5) is 5.69 Å². The fourth-order valence-corrected chi connectivity index (χ4v) is 4.17. The van der Waals surface area contributed by atoms with E-state index in [1.807, 2.05) is 12.1 Å². The Labute approximate surface area is 116 Å². The molecule has 0 radical (unpaired) electrons. The van der Waals surface area contributed by atoms with E-state index in [1.165, 1.54) is 0 Å². The number of benzene rings is 1. The molecule has 0 saturated carbocycles. The number of nitrogens with two attached hydrogens (primary N) is 1. The second-order valence-electron chi connectivity index (χ2n) is 4.98. The number of sulfone groups is 1. The number of rotatable bonds is 2. The van der Waals surface area contributed by atoms with Crippen LogP contribution < -0.4 is 5.73 Å². The molecule has 1 aliphatic heterocycles. The van der Waals surface area contributed by atoms with Gasteiger partial charge in [0, 0.05) is 11.3 Å². The molecule has 2 aromatic rings. The molecule has 1 unspecified atom stereocenters. The third-order valence-electron chi connectivity index (χ3n) is 3.42. The van der Waals surface area contributed by atoms with Crippen molar-refractivity contribution in [3.8, 4) is 11.4 Å². The summed E-state index contributed by atoms with van der Waals surface area (Å²) in [4.78, 5) is 0. The lowest BCUT2D eigenvalue weighted by Crippen LogP contribution is -2.28. The summed E-state index contributed by atoms with van der Waals surface area (Å²) in [5, 5.41) is 11.6. The summed E-state index contributed by atoms with van der Waals surface area (Å²) in [7, 11) is -3.01. The minimum Gasteiger partial charge on any atom is -0.399 e. The third kappa shape index (κ3) is 2.51. The lowest BCUT2D eigenvalue weighted by molar-refractivity contribution is 0.429. The molecular formula is C12H15N5O2S. The molecule has 0 aliphatic carbocycles. The lowest BCUT2D eigenvalue weighted by atomic mass is 10.1. The van der Waals surface area contributed by atoms with Crippen molar-refractivity contribution in [3.05, 3.63) is 24.3 Å². The molecule has 1 aromatic heterocycles. The van der Waals surface area contributed by atoms with Gasteiger partial charge in [-0.3, -0.25) is 0 Å². The Morgan fingerprint density at radius 1 is 1.35 bits per heavy atom. The van der Waals surface area contributed by atoms with Gasteiger partial charge < -0.3 is 5.73 Å². The van der Waals surface area contributed by atoms with E-state index in [9.17, 15) is 8.42 Å². The molecule has 1 aromatic carbocycles. The minimum atomic E-state index is -3.01. The van der Waals surface area contributed by atoms with Crippen LogP contribution in [0, 0.1) is 0 Å². The highest BCUT2D eigenvalue weighted by molar-refractivity contribution is 7.91. The van der Waals surface area contributed by atoms with Crippen molar-refractivity contribution in [1.29, 1.82) is 0 Å². The molecule has 20 heavy (non-hydrogen) atoms. The van der Waals surface area contributed by atoms with Crippen molar-refractivity contribution in [2.75, 3.05) is 17.2 Å². The Morgan fingerprint density at radius 2 is 2.20 bits per heavy atom. The van der Waals surface area contributed by atoms with Crippen LogP contribution in [-0.4, -0.2) is 40.1 Å². The molecule has 0 spiro atoms. The zero-order chi connectivity index (χ0) is 14.2. The summed E-state index contributed by atoms with van der Waals surface area (Å²) in [6, 6.07) is 7.03. The first-order valence-electron chi connectivity index (χ1n) is 6.39. The van der Waals surface area contributed by atoms with Crippen molar-refractivity contribution >= 4 is 15.5 Å². The Bertz CT molecular complexity index is 725. The molecule has 1 aliphatic rings. The zero-order valence-corrected chi connectivity index (χ0v) is 11.6. The molecule has 7 nitrogen and oxygen atoms in total. The SMILES string of the molecule is Nc1cccc(-c2nnnn2C2CCCS(=O)(=O)C2)c1. The molecule has 0 amide bonds. The number of hydrogen-bond acceptors (Lipinski definition) is 6. The van der Waals surface area contributed by atoms with Crippen molar-refractivity contribution in [2.24, 2.45) is 0 Å². The first kappa shape index (κ1) is 13.0. The average molecular weight is 293 g/mol. The standard InChI is InChI=1S/C12H15N5O2S/c13-10-4-1-3-9(7-10)12-14-15-16-17(12)11-5-2-6-20(18,19)8-11/h1,3-4,7,11H,2,5-6,8,13H2. The van der Waals surface area contributed by atoms with Gasteiger partial charge in [0.15, 0.2) is 15.7 Å². The molecule has 8 heteroatoms. The van der Waals surface area contributed by atoms with Crippen molar-refractivity contribution < 1.29 is 8.42 Å². The Balaban J connectivity index is 1.98. The molecule has 106 valence electrons. The maximum absolute atomic E-state index is 11.8. The number of anilines is 1. The van der Waals surface area contributed by atoms with Gasteiger partial charge in [-0.15, -0.1) is 5.10 Å². The molecule has 3 rings (SSSR count). The lowest BCUT2D eigenvalue weighted by Gasteiger charge is -2.22. The molecule has 2 heterocycles. The van der Waals surface area contributed by atoms with E-state index in [4.69, 9.17) is 5.73 Å². The monoisotopic (exact) mass is 293 g/mol. The van der Waals surface area contributed by atoms with E-state index in [1.54, 1.807) is 16.8 Å². The van der Waals surface area contributed by atoms with E-state index >= 15 is 0 Å². The van der Waals surface area contributed by atoms with Gasteiger partial charge in [-0.1, -0.05) is 12.1 Å². The summed E-state index contributed by atoms with van der Waals surface area (Å²) in [6.07, 6.45) is 1.41. The van der Waals surface area contributed by atoms with Gasteiger partial charge in [0.1, 0.15) is 0 Å². The number of tetrazole rings is 1. The first-order valence-corrected chi connectivity index (χ1v) is 8.21. The molecule has 1 fully saturated rings. The summed E-state index contributed by atoms with van der Waals surface area (Å²) in [5.41, 5.74) is 7.17. The van der Waals surface area contributed by atoms with Crippen LogP contribution >= 0.6 is 0 Å². The van der Waals surface area contributed by atoms with Crippen molar-refractivity contribution in [1.82, 2.24) is 20.2 Å². The Morgan fingerprint density at radius 3 is 2.95 bits per heavy atom. The van der Waals surface area contributed by atoms with Crippen LogP contribution in [0.3, 0.4) is 0 Å². The molecule has 0 bridgehead atoms. The first-order chi connectivity index (χ1) is 9.55. The van der Waals surface area contributed by atoms with Gasteiger partial charge in [-0.25, -0.2) is 13.1 Å². The van der Waals surface area contributed by atoms with E-state index < -0.39 is 9.84 Å². The van der Waals surface area contributed by atoms with Crippen molar-refractivity contribution in [3.63, 3.8) is 0 Å². The van der Waals surface area contributed by atoms with Gasteiger partial charge in [0.2, 0.25) is 0 Å². The van der Waals surface area contributed by atoms with E-state index in [0.29, 0.717) is 17.9 Å². The maximum Gasteiger partial charge on any atom is 0.182 e. The summed E-state index contributed by atoms with van der Waals surface area (Å²) in [5.74, 6) is 0.895.